The Bertz CT molecular complexity index is 828. The molecular weight excluding hydrogens is 340 g/mol. The minimum Gasteiger partial charge on any atom is -0.492 e. The summed E-state index contributed by atoms with van der Waals surface area (Å²) in [6.45, 7) is 6.62. The Kier molecular flexibility index (Phi) is 5.79. The van der Waals surface area contributed by atoms with E-state index in [-0.39, 0.29) is 23.7 Å². The molecular formula is C22H26N2O3. The van der Waals surface area contributed by atoms with Gasteiger partial charge in [0.25, 0.3) is 0 Å². The molecule has 2 amide bonds. The average Bonchev–Trinajstić information content (AvgIpc) is 2.66. The van der Waals surface area contributed by atoms with Crippen LogP contribution in [0.4, 0.5) is 5.69 Å². The zero-order valence-electron chi connectivity index (χ0n) is 16.0. The molecule has 0 radical (unpaired) electrons. The van der Waals surface area contributed by atoms with Crippen molar-refractivity contribution in [3.63, 3.8) is 0 Å². The maximum Gasteiger partial charge on any atom is 0.227 e. The lowest BCUT2D eigenvalue weighted by atomic mass is 9.95. The number of amides is 2. The highest BCUT2D eigenvalue weighted by Crippen LogP contribution is 2.30. The van der Waals surface area contributed by atoms with Crippen LogP contribution in [0.25, 0.3) is 0 Å². The Hall–Kier alpha value is -2.82. The maximum atomic E-state index is 12.5. The predicted octanol–water partition coefficient (Wildman–Crippen LogP) is 3.46. The average molecular weight is 366 g/mol. The molecule has 0 aliphatic carbocycles. The lowest BCUT2D eigenvalue weighted by Gasteiger charge is -2.25. The molecule has 142 valence electrons. The van der Waals surface area contributed by atoms with Crippen LogP contribution in [0.5, 0.6) is 5.75 Å². The van der Waals surface area contributed by atoms with Crippen LogP contribution in [0.15, 0.2) is 42.5 Å². The highest BCUT2D eigenvalue weighted by molar-refractivity contribution is 5.92. The molecule has 0 saturated carbocycles. The molecule has 5 nitrogen and oxygen atoms in total. The van der Waals surface area contributed by atoms with Gasteiger partial charge in [-0.15, -0.1) is 0 Å². The van der Waals surface area contributed by atoms with Gasteiger partial charge < -0.3 is 15.4 Å². The minimum atomic E-state index is -0.237. The van der Waals surface area contributed by atoms with Gasteiger partial charge in [-0.25, -0.2) is 0 Å². The first-order valence-corrected chi connectivity index (χ1v) is 9.32. The molecule has 27 heavy (non-hydrogen) atoms. The van der Waals surface area contributed by atoms with Crippen LogP contribution in [-0.2, 0) is 22.6 Å². The van der Waals surface area contributed by atoms with Crippen molar-refractivity contribution >= 4 is 17.5 Å². The molecule has 2 aromatic rings. The number of benzene rings is 2. The molecule has 0 bridgehead atoms. The topological polar surface area (TPSA) is 67.4 Å². The molecule has 0 saturated heterocycles. The number of rotatable bonds is 5. The van der Waals surface area contributed by atoms with E-state index in [4.69, 9.17) is 4.74 Å². The van der Waals surface area contributed by atoms with Crippen LogP contribution in [0.3, 0.4) is 0 Å². The highest BCUT2D eigenvalue weighted by Gasteiger charge is 2.26. The van der Waals surface area contributed by atoms with Gasteiger partial charge in [0.15, 0.2) is 0 Å². The van der Waals surface area contributed by atoms with Crippen molar-refractivity contribution < 1.29 is 14.3 Å². The molecule has 2 aromatic carbocycles. The van der Waals surface area contributed by atoms with Crippen molar-refractivity contribution in [3.8, 4) is 5.75 Å². The monoisotopic (exact) mass is 366 g/mol. The largest absolute Gasteiger partial charge is 0.492 e. The Balaban J connectivity index is 1.61. The number of nitrogens with one attached hydrogen (secondary N) is 2. The van der Waals surface area contributed by atoms with Gasteiger partial charge in [-0.2, -0.15) is 0 Å². The summed E-state index contributed by atoms with van der Waals surface area (Å²) in [6.07, 6.45) is 0.598. The first-order valence-electron chi connectivity index (χ1n) is 9.32. The summed E-state index contributed by atoms with van der Waals surface area (Å²) in [5, 5.41) is 5.88. The van der Waals surface area contributed by atoms with E-state index in [1.54, 1.807) is 0 Å². The van der Waals surface area contributed by atoms with Crippen LogP contribution in [-0.4, -0.2) is 18.4 Å². The molecule has 0 spiro atoms. The number of hydrogen-bond acceptors (Lipinski definition) is 3. The molecule has 0 aromatic heterocycles. The number of hydrogen-bond donors (Lipinski definition) is 2. The second-order valence-corrected chi connectivity index (χ2v) is 7.38. The van der Waals surface area contributed by atoms with Gasteiger partial charge >= 0.3 is 0 Å². The summed E-state index contributed by atoms with van der Waals surface area (Å²) in [4.78, 5) is 24.4. The second kappa shape index (κ2) is 8.25. The Morgan fingerprint density at radius 2 is 1.89 bits per heavy atom. The molecule has 3 rings (SSSR count). The Labute approximate surface area is 160 Å². The van der Waals surface area contributed by atoms with E-state index in [0.29, 0.717) is 19.6 Å². The third-order valence-corrected chi connectivity index (χ3v) is 4.72. The number of carbonyl (C=O) groups excluding carboxylic acids is 2. The van der Waals surface area contributed by atoms with Gasteiger partial charge in [-0.3, -0.25) is 9.59 Å². The van der Waals surface area contributed by atoms with Crippen molar-refractivity contribution in [3.05, 3.63) is 59.2 Å². The van der Waals surface area contributed by atoms with Gasteiger partial charge in [-0.05, 0) is 42.7 Å². The first-order chi connectivity index (χ1) is 12.9. The molecule has 1 atom stereocenters. The molecule has 1 aliphatic rings. The SMILES string of the molecule is Cc1ccc(CNC(=O)C2COc3ccc(NC(=O)C(C)C)cc3C2)cc1. The fourth-order valence-electron chi connectivity index (χ4n) is 2.97. The lowest BCUT2D eigenvalue weighted by molar-refractivity contribution is -0.126. The normalized spacial score (nSPS) is 15.6. The van der Waals surface area contributed by atoms with Crippen LogP contribution >= 0.6 is 0 Å². The molecule has 0 fully saturated rings. The number of ether oxygens (including phenoxy) is 1. The van der Waals surface area contributed by atoms with E-state index in [9.17, 15) is 9.59 Å². The molecule has 1 aliphatic heterocycles. The fourth-order valence-corrected chi connectivity index (χ4v) is 2.97. The van der Waals surface area contributed by atoms with Gasteiger partial charge in [0.05, 0.1) is 5.92 Å². The minimum absolute atomic E-state index is 0.0159. The number of anilines is 1. The maximum absolute atomic E-state index is 12.5. The van der Waals surface area contributed by atoms with Gasteiger partial charge in [-0.1, -0.05) is 43.7 Å². The third-order valence-electron chi connectivity index (χ3n) is 4.72. The Morgan fingerprint density at radius 1 is 1.15 bits per heavy atom. The van der Waals surface area contributed by atoms with Crippen LogP contribution in [0.2, 0.25) is 0 Å². The summed E-state index contributed by atoms with van der Waals surface area (Å²) in [5.74, 6) is 0.411. The second-order valence-electron chi connectivity index (χ2n) is 7.38. The van der Waals surface area contributed by atoms with Crippen molar-refractivity contribution in [1.82, 2.24) is 5.32 Å². The summed E-state index contributed by atoms with van der Waals surface area (Å²) >= 11 is 0. The van der Waals surface area contributed by atoms with E-state index < -0.39 is 0 Å². The molecule has 5 heteroatoms. The summed E-state index contributed by atoms with van der Waals surface area (Å²) < 4.78 is 5.76. The lowest BCUT2D eigenvalue weighted by Crippen LogP contribution is -2.37. The van der Waals surface area contributed by atoms with Crippen LogP contribution < -0.4 is 15.4 Å². The van der Waals surface area contributed by atoms with E-state index in [1.807, 2.05) is 63.2 Å². The molecule has 1 unspecified atom stereocenters. The van der Waals surface area contributed by atoms with Crippen LogP contribution in [0.1, 0.15) is 30.5 Å². The van der Waals surface area contributed by atoms with E-state index >= 15 is 0 Å². The van der Waals surface area contributed by atoms with Gasteiger partial charge in [0, 0.05) is 18.2 Å². The number of fused-ring (bicyclic) bond motifs is 1. The van der Waals surface area contributed by atoms with E-state index in [0.717, 1.165) is 22.6 Å². The smallest absolute Gasteiger partial charge is 0.227 e. The molecule has 2 N–H and O–H groups in total. The van der Waals surface area contributed by atoms with Crippen molar-refractivity contribution in [2.24, 2.45) is 11.8 Å². The number of carbonyl (C=O) groups is 2. The highest BCUT2D eigenvalue weighted by atomic mass is 16.5. The first kappa shape index (κ1) is 19.0. The van der Waals surface area contributed by atoms with Crippen molar-refractivity contribution in [2.75, 3.05) is 11.9 Å². The third kappa shape index (κ3) is 4.88. The molecule has 1 heterocycles. The fraction of sp³-hybridized carbons (Fsp3) is 0.364. The van der Waals surface area contributed by atoms with Gasteiger partial charge in [0.1, 0.15) is 12.4 Å². The summed E-state index contributed by atoms with van der Waals surface area (Å²) in [7, 11) is 0. The summed E-state index contributed by atoms with van der Waals surface area (Å²) in [5.41, 5.74) is 3.95. The van der Waals surface area contributed by atoms with E-state index in [2.05, 4.69) is 10.6 Å². The zero-order chi connectivity index (χ0) is 19.4. The van der Waals surface area contributed by atoms with Crippen molar-refractivity contribution in [2.45, 2.75) is 33.7 Å². The summed E-state index contributed by atoms with van der Waals surface area (Å²) in [6, 6.07) is 13.7. The van der Waals surface area contributed by atoms with Gasteiger partial charge in [0.2, 0.25) is 11.8 Å². The standard InChI is InChI=1S/C22H26N2O3/c1-14(2)21(25)24-19-8-9-20-17(11-19)10-18(13-27-20)22(26)23-12-16-6-4-15(3)5-7-16/h4-9,11,14,18H,10,12-13H2,1-3H3,(H,23,26)(H,24,25). The van der Waals surface area contributed by atoms with E-state index in [1.165, 1.54) is 5.56 Å². The quantitative estimate of drug-likeness (QED) is 0.852. The predicted molar refractivity (Wildman–Crippen MR) is 106 cm³/mol. The van der Waals surface area contributed by atoms with Crippen LogP contribution in [0, 0.1) is 18.8 Å². The zero-order valence-corrected chi connectivity index (χ0v) is 16.0. The Morgan fingerprint density at radius 3 is 2.59 bits per heavy atom. The number of aryl methyl sites for hydroxylation is 1. The van der Waals surface area contributed by atoms with Crippen molar-refractivity contribution in [1.29, 1.82) is 0 Å².